The van der Waals surface area contributed by atoms with E-state index in [4.69, 9.17) is 9.47 Å². The van der Waals surface area contributed by atoms with E-state index in [9.17, 15) is 4.79 Å². The SMILES string of the molecule is Cc1cc(C)nc(Oc2ccc(NC(=O)C(C)Oc3ccccc3C(C)C)cc2)n1. The molecule has 0 bridgehead atoms. The fraction of sp³-hybridized carbons (Fsp3) is 0.292. The molecule has 0 saturated carbocycles. The van der Waals surface area contributed by atoms with Crippen molar-refractivity contribution in [1.29, 1.82) is 0 Å². The maximum Gasteiger partial charge on any atom is 0.322 e. The zero-order valence-electron chi connectivity index (χ0n) is 18.0. The van der Waals surface area contributed by atoms with Gasteiger partial charge in [-0.25, -0.2) is 9.97 Å². The van der Waals surface area contributed by atoms with Crippen LogP contribution >= 0.6 is 0 Å². The first kappa shape index (κ1) is 21.3. The molecule has 1 N–H and O–H groups in total. The van der Waals surface area contributed by atoms with E-state index in [0.29, 0.717) is 23.4 Å². The average molecular weight is 405 g/mol. The van der Waals surface area contributed by atoms with E-state index in [0.717, 1.165) is 22.7 Å². The van der Waals surface area contributed by atoms with Gasteiger partial charge in [-0.05, 0) is 68.7 Å². The Morgan fingerprint density at radius 1 is 0.933 bits per heavy atom. The third-order valence-electron chi connectivity index (χ3n) is 4.51. The molecule has 156 valence electrons. The normalized spacial score (nSPS) is 11.8. The molecule has 6 nitrogen and oxygen atoms in total. The molecular weight excluding hydrogens is 378 g/mol. The molecule has 0 aliphatic heterocycles. The van der Waals surface area contributed by atoms with Gasteiger partial charge in [0, 0.05) is 17.1 Å². The minimum Gasteiger partial charge on any atom is -0.481 e. The quantitative estimate of drug-likeness (QED) is 0.568. The first-order valence-corrected chi connectivity index (χ1v) is 9.98. The van der Waals surface area contributed by atoms with Crippen molar-refractivity contribution in [2.45, 2.75) is 46.6 Å². The number of aryl methyl sites for hydroxylation is 2. The summed E-state index contributed by atoms with van der Waals surface area (Å²) in [5.74, 6) is 1.41. The van der Waals surface area contributed by atoms with E-state index in [-0.39, 0.29) is 5.91 Å². The van der Waals surface area contributed by atoms with Crippen LogP contribution in [-0.2, 0) is 4.79 Å². The summed E-state index contributed by atoms with van der Waals surface area (Å²) in [5, 5.41) is 2.87. The van der Waals surface area contributed by atoms with Crippen LogP contribution in [0.3, 0.4) is 0 Å². The number of nitrogens with zero attached hydrogens (tertiary/aromatic N) is 2. The topological polar surface area (TPSA) is 73.3 Å². The summed E-state index contributed by atoms with van der Waals surface area (Å²) in [7, 11) is 0. The highest BCUT2D eigenvalue weighted by Gasteiger charge is 2.17. The third-order valence-corrected chi connectivity index (χ3v) is 4.51. The lowest BCUT2D eigenvalue weighted by Gasteiger charge is -2.18. The molecule has 0 radical (unpaired) electrons. The standard InChI is InChI=1S/C24H27N3O3/c1-15(2)21-8-6-7-9-22(21)29-18(5)23(28)27-19-10-12-20(13-11-19)30-24-25-16(3)14-17(4)26-24/h6-15,18H,1-5H3,(H,27,28). The number of aromatic nitrogens is 2. The summed E-state index contributed by atoms with van der Waals surface area (Å²) < 4.78 is 11.6. The minimum absolute atomic E-state index is 0.222. The Labute approximate surface area is 177 Å². The lowest BCUT2D eigenvalue weighted by atomic mass is 10.0. The number of carbonyl (C=O) groups excluding carboxylic acids is 1. The van der Waals surface area contributed by atoms with Crippen molar-refractivity contribution in [3.8, 4) is 17.5 Å². The van der Waals surface area contributed by atoms with Gasteiger partial charge in [-0.1, -0.05) is 32.0 Å². The summed E-state index contributed by atoms with van der Waals surface area (Å²) in [6.07, 6.45) is -0.635. The molecule has 0 spiro atoms. The summed E-state index contributed by atoms with van der Waals surface area (Å²) in [6, 6.07) is 17.0. The number of rotatable bonds is 7. The van der Waals surface area contributed by atoms with Crippen LogP contribution in [0.15, 0.2) is 54.6 Å². The summed E-state index contributed by atoms with van der Waals surface area (Å²) in [5.41, 5.74) is 3.41. The summed E-state index contributed by atoms with van der Waals surface area (Å²) in [6.45, 7) is 9.71. The Hall–Kier alpha value is -3.41. The van der Waals surface area contributed by atoms with E-state index >= 15 is 0 Å². The van der Waals surface area contributed by atoms with Gasteiger partial charge in [0.25, 0.3) is 5.91 Å². The molecule has 1 atom stereocenters. The smallest absolute Gasteiger partial charge is 0.322 e. The van der Waals surface area contributed by atoms with E-state index in [1.807, 2.05) is 44.2 Å². The van der Waals surface area contributed by atoms with E-state index in [1.165, 1.54) is 0 Å². The van der Waals surface area contributed by atoms with Crippen molar-refractivity contribution in [3.63, 3.8) is 0 Å². The van der Waals surface area contributed by atoms with Crippen LogP contribution < -0.4 is 14.8 Å². The van der Waals surface area contributed by atoms with Gasteiger partial charge in [0.1, 0.15) is 11.5 Å². The number of nitrogens with one attached hydrogen (secondary N) is 1. The number of benzene rings is 2. The molecule has 3 rings (SSSR count). The van der Waals surface area contributed by atoms with Crippen LogP contribution in [0.2, 0.25) is 0 Å². The van der Waals surface area contributed by atoms with Gasteiger partial charge in [-0.3, -0.25) is 4.79 Å². The second-order valence-corrected chi connectivity index (χ2v) is 7.50. The second-order valence-electron chi connectivity index (χ2n) is 7.50. The number of anilines is 1. The highest BCUT2D eigenvalue weighted by atomic mass is 16.5. The van der Waals surface area contributed by atoms with Gasteiger partial charge >= 0.3 is 6.01 Å². The monoisotopic (exact) mass is 405 g/mol. The lowest BCUT2D eigenvalue weighted by molar-refractivity contribution is -0.122. The number of hydrogen-bond donors (Lipinski definition) is 1. The molecule has 30 heavy (non-hydrogen) atoms. The Morgan fingerprint density at radius 2 is 1.57 bits per heavy atom. The van der Waals surface area contributed by atoms with Crippen molar-refractivity contribution >= 4 is 11.6 Å². The average Bonchev–Trinajstić information content (AvgIpc) is 2.69. The van der Waals surface area contributed by atoms with Gasteiger partial charge in [0.15, 0.2) is 6.10 Å². The van der Waals surface area contributed by atoms with Crippen LogP contribution in [-0.4, -0.2) is 22.0 Å². The van der Waals surface area contributed by atoms with Crippen molar-refractivity contribution in [1.82, 2.24) is 9.97 Å². The largest absolute Gasteiger partial charge is 0.481 e. The fourth-order valence-electron chi connectivity index (χ4n) is 3.00. The zero-order valence-corrected chi connectivity index (χ0v) is 18.0. The highest BCUT2D eigenvalue weighted by molar-refractivity contribution is 5.94. The van der Waals surface area contributed by atoms with Gasteiger partial charge in [0.2, 0.25) is 0 Å². The molecule has 1 amide bonds. The Morgan fingerprint density at radius 3 is 2.20 bits per heavy atom. The van der Waals surface area contributed by atoms with Gasteiger partial charge in [-0.15, -0.1) is 0 Å². The summed E-state index contributed by atoms with van der Waals surface area (Å²) in [4.78, 5) is 21.1. The number of amides is 1. The van der Waals surface area contributed by atoms with E-state index < -0.39 is 6.10 Å². The Bertz CT molecular complexity index is 996. The number of hydrogen-bond acceptors (Lipinski definition) is 5. The van der Waals surface area contributed by atoms with Crippen LogP contribution in [0.4, 0.5) is 5.69 Å². The predicted molar refractivity (Wildman–Crippen MR) is 117 cm³/mol. The van der Waals surface area contributed by atoms with E-state index in [1.54, 1.807) is 31.2 Å². The van der Waals surface area contributed by atoms with Gasteiger partial charge in [-0.2, -0.15) is 0 Å². The number of para-hydroxylation sites is 1. The van der Waals surface area contributed by atoms with Crippen LogP contribution in [0.5, 0.6) is 17.5 Å². The van der Waals surface area contributed by atoms with Gasteiger partial charge < -0.3 is 14.8 Å². The van der Waals surface area contributed by atoms with Crippen LogP contribution in [0.25, 0.3) is 0 Å². The molecular formula is C24H27N3O3. The minimum atomic E-state index is -0.635. The van der Waals surface area contributed by atoms with Crippen molar-refractivity contribution in [2.75, 3.05) is 5.32 Å². The molecule has 3 aromatic rings. The summed E-state index contributed by atoms with van der Waals surface area (Å²) >= 11 is 0. The molecule has 1 aromatic heterocycles. The lowest BCUT2D eigenvalue weighted by Crippen LogP contribution is -2.30. The van der Waals surface area contributed by atoms with Gasteiger partial charge in [0.05, 0.1) is 0 Å². The van der Waals surface area contributed by atoms with Crippen molar-refractivity contribution < 1.29 is 14.3 Å². The third kappa shape index (κ3) is 5.56. The van der Waals surface area contributed by atoms with Crippen LogP contribution in [0.1, 0.15) is 43.6 Å². The van der Waals surface area contributed by atoms with Crippen molar-refractivity contribution in [2.24, 2.45) is 0 Å². The van der Waals surface area contributed by atoms with Crippen molar-refractivity contribution in [3.05, 3.63) is 71.5 Å². The zero-order chi connectivity index (χ0) is 21.7. The predicted octanol–water partition coefficient (Wildman–Crippen LogP) is 5.42. The molecule has 2 aromatic carbocycles. The number of carbonyl (C=O) groups is 1. The molecule has 1 unspecified atom stereocenters. The molecule has 0 saturated heterocycles. The molecule has 0 aliphatic rings. The van der Waals surface area contributed by atoms with Crippen LogP contribution in [0, 0.1) is 13.8 Å². The Balaban J connectivity index is 1.61. The molecule has 6 heteroatoms. The Kier molecular flexibility index (Phi) is 6.67. The number of ether oxygens (including phenoxy) is 2. The fourth-order valence-corrected chi connectivity index (χ4v) is 3.00. The highest BCUT2D eigenvalue weighted by Crippen LogP contribution is 2.27. The molecule has 1 heterocycles. The van der Waals surface area contributed by atoms with E-state index in [2.05, 4.69) is 29.1 Å². The molecule has 0 fully saturated rings. The maximum atomic E-state index is 12.6. The second kappa shape index (κ2) is 9.39. The first-order chi connectivity index (χ1) is 14.3. The molecule has 0 aliphatic carbocycles. The first-order valence-electron chi connectivity index (χ1n) is 9.98. The maximum absolute atomic E-state index is 12.6.